The summed E-state index contributed by atoms with van der Waals surface area (Å²) in [5.74, 6) is 0.430. The van der Waals surface area contributed by atoms with E-state index >= 15 is 0 Å². The Morgan fingerprint density at radius 3 is 2.50 bits per heavy atom. The van der Waals surface area contributed by atoms with E-state index in [1.165, 1.54) is 5.69 Å². The first-order chi connectivity index (χ1) is 8.69. The summed E-state index contributed by atoms with van der Waals surface area (Å²) in [4.78, 5) is 0. The van der Waals surface area contributed by atoms with Crippen molar-refractivity contribution in [2.24, 2.45) is 0 Å². The second-order valence-corrected chi connectivity index (χ2v) is 4.83. The largest absolute Gasteiger partial charge is 0.238 e. The number of hydrogen-bond acceptors (Lipinski definition) is 1. The van der Waals surface area contributed by atoms with E-state index in [9.17, 15) is 0 Å². The highest BCUT2D eigenvalue weighted by atomic mass is 35.5. The molecule has 0 spiro atoms. The van der Waals surface area contributed by atoms with Crippen LogP contribution in [0.3, 0.4) is 0 Å². The van der Waals surface area contributed by atoms with Crippen molar-refractivity contribution in [3.63, 3.8) is 0 Å². The molecule has 1 aromatic heterocycles. The molecule has 0 saturated carbocycles. The van der Waals surface area contributed by atoms with Crippen molar-refractivity contribution in [3.8, 4) is 5.69 Å². The maximum atomic E-state index is 6.19. The van der Waals surface area contributed by atoms with Gasteiger partial charge in [-0.25, -0.2) is 4.68 Å². The molecule has 0 fully saturated rings. The molecule has 2 rings (SSSR count). The molecule has 0 aliphatic rings. The van der Waals surface area contributed by atoms with Crippen LogP contribution >= 0.6 is 23.2 Å². The monoisotopic (exact) mass is 282 g/mol. The van der Waals surface area contributed by atoms with E-state index in [1.807, 2.05) is 22.9 Å². The second-order valence-electron chi connectivity index (χ2n) is 4.16. The summed E-state index contributed by atoms with van der Waals surface area (Å²) in [6.07, 6.45) is 1.88. The Hall–Kier alpha value is -0.990. The zero-order valence-corrected chi connectivity index (χ0v) is 12.1. The highest BCUT2D eigenvalue weighted by Gasteiger charge is 2.09. The van der Waals surface area contributed by atoms with Gasteiger partial charge >= 0.3 is 0 Å². The first kappa shape index (κ1) is 13.4. The Kier molecular flexibility index (Phi) is 4.31. The fourth-order valence-electron chi connectivity index (χ4n) is 1.90. The summed E-state index contributed by atoms with van der Waals surface area (Å²) in [5, 5.41) is 5.28. The number of aryl methyl sites for hydroxylation is 2. The number of aromatic nitrogens is 2. The van der Waals surface area contributed by atoms with Crippen LogP contribution in [0.25, 0.3) is 5.69 Å². The molecule has 0 saturated heterocycles. The van der Waals surface area contributed by atoms with Gasteiger partial charge in [-0.1, -0.05) is 31.5 Å². The molecule has 0 unspecified atom stereocenters. The van der Waals surface area contributed by atoms with Crippen molar-refractivity contribution in [1.29, 1.82) is 0 Å². The first-order valence-corrected chi connectivity index (χ1v) is 7.03. The smallest absolute Gasteiger partial charge is 0.0663 e. The molecule has 0 atom stereocenters. The molecule has 0 radical (unpaired) electrons. The summed E-state index contributed by atoms with van der Waals surface area (Å²) >= 11 is 12.0. The third-order valence-electron chi connectivity index (χ3n) is 2.98. The van der Waals surface area contributed by atoms with Crippen LogP contribution in [0, 0.1) is 0 Å². The molecule has 0 aliphatic carbocycles. The van der Waals surface area contributed by atoms with Gasteiger partial charge in [0.15, 0.2) is 0 Å². The molecule has 2 aromatic rings. The number of hydrogen-bond donors (Lipinski definition) is 0. The Balaban J connectivity index is 2.47. The minimum Gasteiger partial charge on any atom is -0.238 e. The van der Waals surface area contributed by atoms with Gasteiger partial charge in [0.25, 0.3) is 0 Å². The van der Waals surface area contributed by atoms with E-state index in [4.69, 9.17) is 23.2 Å². The van der Waals surface area contributed by atoms with Crippen molar-refractivity contribution < 1.29 is 0 Å². The van der Waals surface area contributed by atoms with Crippen molar-refractivity contribution in [2.75, 3.05) is 0 Å². The SMILES string of the molecule is CCc1cc(CC)n(-c2ccc(CCl)c(Cl)c2)n1. The number of benzene rings is 1. The summed E-state index contributed by atoms with van der Waals surface area (Å²) in [6, 6.07) is 8.03. The second kappa shape index (κ2) is 5.77. The lowest BCUT2D eigenvalue weighted by Crippen LogP contribution is -2.02. The average molecular weight is 283 g/mol. The minimum atomic E-state index is 0.430. The van der Waals surface area contributed by atoms with Crippen molar-refractivity contribution in [3.05, 3.63) is 46.2 Å². The Labute approximate surface area is 118 Å². The van der Waals surface area contributed by atoms with E-state index < -0.39 is 0 Å². The molecule has 2 nitrogen and oxygen atoms in total. The third-order valence-corrected chi connectivity index (χ3v) is 3.62. The number of rotatable bonds is 4. The average Bonchev–Trinajstić information content (AvgIpc) is 2.82. The maximum Gasteiger partial charge on any atom is 0.0663 e. The summed E-state index contributed by atoms with van der Waals surface area (Å²) in [6.45, 7) is 4.23. The van der Waals surface area contributed by atoms with Gasteiger partial charge in [0.05, 0.1) is 11.4 Å². The van der Waals surface area contributed by atoms with E-state index in [-0.39, 0.29) is 0 Å². The fraction of sp³-hybridized carbons (Fsp3) is 0.357. The van der Waals surface area contributed by atoms with Crippen molar-refractivity contribution in [1.82, 2.24) is 9.78 Å². The Morgan fingerprint density at radius 1 is 1.17 bits per heavy atom. The normalized spacial score (nSPS) is 10.9. The summed E-state index contributed by atoms with van der Waals surface area (Å²) in [7, 11) is 0. The molecule has 0 N–H and O–H groups in total. The fourth-order valence-corrected chi connectivity index (χ4v) is 2.44. The molecule has 18 heavy (non-hydrogen) atoms. The lowest BCUT2D eigenvalue weighted by molar-refractivity contribution is 0.794. The van der Waals surface area contributed by atoms with Crippen LogP contribution in [-0.2, 0) is 18.7 Å². The molecule has 96 valence electrons. The quantitative estimate of drug-likeness (QED) is 0.761. The van der Waals surface area contributed by atoms with Gasteiger partial charge in [-0.05, 0) is 36.6 Å². The molecule has 1 heterocycles. The van der Waals surface area contributed by atoms with Gasteiger partial charge in [-0.3, -0.25) is 0 Å². The van der Waals surface area contributed by atoms with Gasteiger partial charge < -0.3 is 0 Å². The van der Waals surface area contributed by atoms with Crippen LogP contribution in [0.2, 0.25) is 5.02 Å². The zero-order chi connectivity index (χ0) is 13.1. The minimum absolute atomic E-state index is 0.430. The molecular formula is C14H16Cl2N2. The van der Waals surface area contributed by atoms with Crippen LogP contribution in [-0.4, -0.2) is 9.78 Å². The van der Waals surface area contributed by atoms with Crippen molar-refractivity contribution >= 4 is 23.2 Å². The summed E-state index contributed by atoms with van der Waals surface area (Å²) in [5.41, 5.74) is 4.24. The topological polar surface area (TPSA) is 17.8 Å². The predicted octanol–water partition coefficient (Wildman–Crippen LogP) is 4.39. The predicted molar refractivity (Wildman–Crippen MR) is 76.9 cm³/mol. The van der Waals surface area contributed by atoms with Gasteiger partial charge in [0, 0.05) is 16.6 Å². The summed E-state index contributed by atoms with van der Waals surface area (Å²) < 4.78 is 1.96. The van der Waals surface area contributed by atoms with Gasteiger partial charge in [0.1, 0.15) is 0 Å². The molecule has 0 aliphatic heterocycles. The van der Waals surface area contributed by atoms with Crippen LogP contribution in [0.5, 0.6) is 0 Å². The van der Waals surface area contributed by atoms with Crippen molar-refractivity contribution in [2.45, 2.75) is 32.6 Å². The first-order valence-electron chi connectivity index (χ1n) is 6.12. The highest BCUT2D eigenvalue weighted by Crippen LogP contribution is 2.23. The zero-order valence-electron chi connectivity index (χ0n) is 10.6. The van der Waals surface area contributed by atoms with E-state index in [1.54, 1.807) is 0 Å². The van der Waals surface area contributed by atoms with Crippen LogP contribution in [0.15, 0.2) is 24.3 Å². The maximum absolute atomic E-state index is 6.19. The lowest BCUT2D eigenvalue weighted by atomic mass is 10.2. The highest BCUT2D eigenvalue weighted by molar-refractivity contribution is 6.32. The van der Waals surface area contributed by atoms with Crippen LogP contribution in [0.1, 0.15) is 30.8 Å². The van der Waals surface area contributed by atoms with E-state index in [2.05, 4.69) is 25.0 Å². The van der Waals surface area contributed by atoms with Gasteiger partial charge in [-0.2, -0.15) is 5.10 Å². The van der Waals surface area contributed by atoms with E-state index in [0.717, 1.165) is 29.8 Å². The molecule has 1 aromatic carbocycles. The van der Waals surface area contributed by atoms with Gasteiger partial charge in [0.2, 0.25) is 0 Å². The third kappa shape index (κ3) is 2.55. The standard InChI is InChI=1S/C14H16Cl2N2/c1-3-11-7-12(4-2)18(17-11)13-6-5-10(9-15)14(16)8-13/h5-8H,3-4,9H2,1-2H3. The number of nitrogens with zero attached hydrogens (tertiary/aromatic N) is 2. The van der Waals surface area contributed by atoms with Crippen LogP contribution in [0.4, 0.5) is 0 Å². The molecule has 0 bridgehead atoms. The van der Waals surface area contributed by atoms with Crippen LogP contribution < -0.4 is 0 Å². The van der Waals surface area contributed by atoms with Gasteiger partial charge in [-0.15, -0.1) is 11.6 Å². The van der Waals surface area contributed by atoms with E-state index in [0.29, 0.717) is 10.9 Å². The number of alkyl halides is 1. The molecule has 0 amide bonds. The molecule has 4 heteroatoms. The Morgan fingerprint density at radius 2 is 1.94 bits per heavy atom. The molecular weight excluding hydrogens is 267 g/mol. The Bertz CT molecular complexity index is 547. The lowest BCUT2D eigenvalue weighted by Gasteiger charge is -2.08. The number of halogens is 2.